The van der Waals surface area contributed by atoms with Crippen LogP contribution in [0.3, 0.4) is 0 Å². The van der Waals surface area contributed by atoms with E-state index in [0.29, 0.717) is 18.5 Å². The molecule has 1 aromatic rings. The van der Waals surface area contributed by atoms with Gasteiger partial charge in [0.25, 0.3) is 0 Å². The molecule has 172 valence electrons. The third-order valence-electron chi connectivity index (χ3n) is 5.52. The molecule has 1 aliphatic rings. The maximum Gasteiger partial charge on any atom is 0.225 e. The first-order valence-corrected chi connectivity index (χ1v) is 11.9. The van der Waals surface area contributed by atoms with Gasteiger partial charge in [0.2, 0.25) is 5.91 Å². The fourth-order valence-corrected chi connectivity index (χ4v) is 4.47. The number of hydrogen-bond donors (Lipinski definition) is 2. The maximum absolute atomic E-state index is 12.6. The van der Waals surface area contributed by atoms with Crippen LogP contribution in [-0.4, -0.2) is 47.4 Å². The molecule has 0 aliphatic carbocycles. The van der Waals surface area contributed by atoms with E-state index >= 15 is 0 Å². The van der Waals surface area contributed by atoms with Gasteiger partial charge in [-0.2, -0.15) is 0 Å². The molecular formula is C22H40IN5OS. The molecule has 1 saturated heterocycles. The fourth-order valence-electron chi connectivity index (χ4n) is 3.53. The average molecular weight is 550 g/mol. The summed E-state index contributed by atoms with van der Waals surface area (Å²) in [6, 6.07) is 0.347. The quantitative estimate of drug-likeness (QED) is 0.298. The van der Waals surface area contributed by atoms with Crippen LogP contribution in [0.2, 0.25) is 0 Å². The van der Waals surface area contributed by atoms with Crippen molar-refractivity contribution in [2.75, 3.05) is 19.6 Å². The Morgan fingerprint density at radius 2 is 1.90 bits per heavy atom. The zero-order chi connectivity index (χ0) is 21.4. The Morgan fingerprint density at radius 3 is 2.40 bits per heavy atom. The van der Waals surface area contributed by atoms with Crippen molar-refractivity contribution < 1.29 is 4.79 Å². The number of aliphatic imine (C=N–C) groups is 1. The SMILES string of the molecule is CCNC(=NCc1nc(C(C)(C)C)cs1)NC1CCN(C(=O)C(CC)CC)CC1.I. The molecular weight excluding hydrogens is 509 g/mol. The van der Waals surface area contributed by atoms with E-state index in [1.54, 1.807) is 11.3 Å². The summed E-state index contributed by atoms with van der Waals surface area (Å²) in [5.41, 5.74) is 1.20. The molecule has 6 nitrogen and oxygen atoms in total. The molecule has 0 radical (unpaired) electrons. The van der Waals surface area contributed by atoms with Gasteiger partial charge >= 0.3 is 0 Å². The molecule has 0 atom stereocenters. The van der Waals surface area contributed by atoms with Gasteiger partial charge in [0.1, 0.15) is 5.01 Å². The zero-order valence-electron chi connectivity index (χ0n) is 19.5. The van der Waals surface area contributed by atoms with Crippen LogP contribution in [0, 0.1) is 5.92 Å². The topological polar surface area (TPSA) is 69.6 Å². The van der Waals surface area contributed by atoms with E-state index in [0.717, 1.165) is 62.0 Å². The molecule has 1 aliphatic heterocycles. The number of rotatable bonds is 7. The Kier molecular flexibility index (Phi) is 11.6. The van der Waals surface area contributed by atoms with Crippen LogP contribution in [0.4, 0.5) is 0 Å². The van der Waals surface area contributed by atoms with E-state index in [-0.39, 0.29) is 35.3 Å². The van der Waals surface area contributed by atoms with Crippen molar-refractivity contribution in [1.82, 2.24) is 20.5 Å². The molecule has 2 rings (SSSR count). The highest BCUT2D eigenvalue weighted by Crippen LogP contribution is 2.24. The maximum atomic E-state index is 12.6. The number of likely N-dealkylation sites (tertiary alicyclic amines) is 1. The number of aromatic nitrogens is 1. The van der Waals surface area contributed by atoms with Crippen molar-refractivity contribution in [2.24, 2.45) is 10.9 Å². The first-order valence-electron chi connectivity index (χ1n) is 11.1. The molecule has 0 saturated carbocycles. The van der Waals surface area contributed by atoms with E-state index < -0.39 is 0 Å². The summed E-state index contributed by atoms with van der Waals surface area (Å²) >= 11 is 1.68. The largest absolute Gasteiger partial charge is 0.357 e. The first kappa shape index (κ1) is 27.1. The van der Waals surface area contributed by atoms with Crippen LogP contribution in [0.15, 0.2) is 10.4 Å². The van der Waals surface area contributed by atoms with Crippen molar-refractivity contribution in [1.29, 1.82) is 0 Å². The molecule has 1 amide bonds. The van der Waals surface area contributed by atoms with Crippen LogP contribution in [0.5, 0.6) is 0 Å². The average Bonchev–Trinajstić information content (AvgIpc) is 3.17. The number of hydrogen-bond acceptors (Lipinski definition) is 4. The van der Waals surface area contributed by atoms with E-state index in [1.807, 2.05) is 4.90 Å². The highest BCUT2D eigenvalue weighted by Gasteiger charge is 2.26. The van der Waals surface area contributed by atoms with Crippen molar-refractivity contribution in [3.8, 4) is 0 Å². The Morgan fingerprint density at radius 1 is 1.27 bits per heavy atom. The number of nitrogens with one attached hydrogen (secondary N) is 2. The lowest BCUT2D eigenvalue weighted by Gasteiger charge is -2.34. The van der Waals surface area contributed by atoms with Crippen molar-refractivity contribution in [3.63, 3.8) is 0 Å². The molecule has 0 spiro atoms. The normalized spacial score (nSPS) is 15.8. The Bertz CT molecular complexity index is 673. The van der Waals surface area contributed by atoms with Gasteiger partial charge in [-0.05, 0) is 32.6 Å². The van der Waals surface area contributed by atoms with Crippen LogP contribution < -0.4 is 10.6 Å². The molecule has 8 heteroatoms. The summed E-state index contributed by atoms with van der Waals surface area (Å²) in [4.78, 5) is 24.1. The van der Waals surface area contributed by atoms with Gasteiger partial charge in [-0.25, -0.2) is 9.98 Å². The standard InChI is InChI=1S/C22H39N5OS.HI/c1-7-16(8-2)20(28)27-12-10-17(11-13-27)25-21(23-9-3)24-14-19-26-18(15-29-19)22(4,5)6;/h15-17H,7-14H2,1-6H3,(H2,23,24,25);1H. The Hall–Kier alpha value is -0.900. The van der Waals surface area contributed by atoms with Crippen molar-refractivity contribution in [2.45, 2.75) is 85.2 Å². The summed E-state index contributed by atoms with van der Waals surface area (Å²) in [6.07, 6.45) is 3.78. The molecule has 2 heterocycles. The van der Waals surface area contributed by atoms with Gasteiger partial charge < -0.3 is 15.5 Å². The predicted molar refractivity (Wildman–Crippen MR) is 138 cm³/mol. The van der Waals surface area contributed by atoms with E-state index in [4.69, 9.17) is 9.98 Å². The third kappa shape index (κ3) is 7.98. The molecule has 1 fully saturated rings. The van der Waals surface area contributed by atoms with Crippen LogP contribution in [0.25, 0.3) is 0 Å². The van der Waals surface area contributed by atoms with Gasteiger partial charge in [0, 0.05) is 42.4 Å². The van der Waals surface area contributed by atoms with Crippen molar-refractivity contribution >= 4 is 47.2 Å². The molecule has 1 aromatic heterocycles. The number of carbonyl (C=O) groups is 1. The highest BCUT2D eigenvalue weighted by atomic mass is 127. The predicted octanol–water partition coefficient (Wildman–Crippen LogP) is 4.54. The lowest BCUT2D eigenvalue weighted by atomic mass is 9.93. The van der Waals surface area contributed by atoms with Gasteiger partial charge in [-0.1, -0.05) is 34.6 Å². The fraction of sp³-hybridized carbons (Fsp3) is 0.773. The minimum Gasteiger partial charge on any atom is -0.357 e. The second kappa shape index (κ2) is 12.8. The molecule has 30 heavy (non-hydrogen) atoms. The summed E-state index contributed by atoms with van der Waals surface area (Å²) in [6.45, 7) is 15.9. The molecule has 0 aromatic carbocycles. The molecule has 0 unspecified atom stereocenters. The van der Waals surface area contributed by atoms with Gasteiger partial charge in [0.05, 0.1) is 12.2 Å². The van der Waals surface area contributed by atoms with Gasteiger partial charge in [-0.3, -0.25) is 4.79 Å². The van der Waals surface area contributed by atoms with Crippen LogP contribution >= 0.6 is 35.3 Å². The van der Waals surface area contributed by atoms with Gasteiger partial charge in [-0.15, -0.1) is 35.3 Å². The molecule has 2 N–H and O–H groups in total. The first-order chi connectivity index (χ1) is 13.8. The van der Waals surface area contributed by atoms with E-state index in [1.165, 1.54) is 0 Å². The Labute approximate surface area is 203 Å². The Balaban J connectivity index is 0.00000450. The highest BCUT2D eigenvalue weighted by molar-refractivity contribution is 14.0. The number of carbonyl (C=O) groups excluding carboxylic acids is 1. The number of nitrogens with zero attached hydrogens (tertiary/aromatic N) is 3. The second-order valence-corrected chi connectivity index (χ2v) is 9.77. The van der Waals surface area contributed by atoms with Crippen LogP contribution in [-0.2, 0) is 16.8 Å². The zero-order valence-corrected chi connectivity index (χ0v) is 22.6. The lowest BCUT2D eigenvalue weighted by Crippen LogP contribution is -2.50. The minimum absolute atomic E-state index is 0. The lowest BCUT2D eigenvalue weighted by molar-refractivity contribution is -0.136. The minimum atomic E-state index is 0. The van der Waals surface area contributed by atoms with Crippen molar-refractivity contribution in [3.05, 3.63) is 16.1 Å². The third-order valence-corrected chi connectivity index (χ3v) is 6.35. The second-order valence-electron chi connectivity index (χ2n) is 8.83. The summed E-state index contributed by atoms with van der Waals surface area (Å²) in [5, 5.41) is 10.1. The number of amides is 1. The number of halogens is 1. The number of guanidine groups is 1. The molecule has 0 bridgehead atoms. The smallest absolute Gasteiger partial charge is 0.225 e. The van der Waals surface area contributed by atoms with E-state index in [9.17, 15) is 4.79 Å². The summed E-state index contributed by atoms with van der Waals surface area (Å²) in [5.74, 6) is 1.34. The number of piperidine rings is 1. The van der Waals surface area contributed by atoms with Crippen LogP contribution in [0.1, 0.15) is 77.9 Å². The summed E-state index contributed by atoms with van der Waals surface area (Å²) in [7, 11) is 0. The van der Waals surface area contributed by atoms with Gasteiger partial charge in [0.15, 0.2) is 5.96 Å². The van der Waals surface area contributed by atoms with E-state index in [2.05, 4.69) is 57.6 Å². The number of thiazole rings is 1. The monoisotopic (exact) mass is 549 g/mol. The summed E-state index contributed by atoms with van der Waals surface area (Å²) < 4.78 is 0.